The fraction of sp³-hybridized carbons (Fsp3) is 0.737. The van der Waals surface area contributed by atoms with E-state index in [0.29, 0.717) is 13.1 Å². The van der Waals surface area contributed by atoms with Crippen LogP contribution in [-0.4, -0.2) is 64.1 Å². The van der Waals surface area contributed by atoms with Crippen LogP contribution in [0.2, 0.25) is 0 Å². The minimum Gasteiger partial charge on any atom is -0.343 e. The predicted molar refractivity (Wildman–Crippen MR) is 103 cm³/mol. The van der Waals surface area contributed by atoms with Gasteiger partial charge in [-0.2, -0.15) is 5.10 Å². The van der Waals surface area contributed by atoms with Gasteiger partial charge in [-0.05, 0) is 54.0 Å². The SMILES string of the molecule is CCN(CC)C(=O)C1CCCN(CC(=O)Nc2c(C)nn(CC)c2C)C1. The zero-order chi connectivity index (χ0) is 19.3. The number of amides is 2. The number of piperidine rings is 1. The highest BCUT2D eigenvalue weighted by Crippen LogP contribution is 2.21. The molecule has 0 aliphatic carbocycles. The molecule has 2 amide bonds. The number of likely N-dealkylation sites (tertiary alicyclic amines) is 1. The molecule has 146 valence electrons. The zero-order valence-electron chi connectivity index (χ0n) is 16.8. The molecule has 1 atom stereocenters. The summed E-state index contributed by atoms with van der Waals surface area (Å²) in [6.07, 6.45) is 1.87. The summed E-state index contributed by atoms with van der Waals surface area (Å²) in [4.78, 5) is 29.1. The summed E-state index contributed by atoms with van der Waals surface area (Å²) in [6, 6.07) is 0. The fourth-order valence-electron chi connectivity index (χ4n) is 3.76. The number of carbonyl (C=O) groups excluding carboxylic acids is 2. The van der Waals surface area contributed by atoms with Crippen LogP contribution in [0.15, 0.2) is 0 Å². The lowest BCUT2D eigenvalue weighted by Gasteiger charge is -2.34. The summed E-state index contributed by atoms with van der Waals surface area (Å²) in [5, 5.41) is 7.45. The topological polar surface area (TPSA) is 70.5 Å². The third kappa shape index (κ3) is 4.63. The fourth-order valence-corrected chi connectivity index (χ4v) is 3.76. The quantitative estimate of drug-likeness (QED) is 0.805. The first-order chi connectivity index (χ1) is 12.4. The first-order valence-corrected chi connectivity index (χ1v) is 9.76. The summed E-state index contributed by atoms with van der Waals surface area (Å²) in [7, 11) is 0. The molecule has 7 nitrogen and oxygen atoms in total. The average molecular weight is 364 g/mol. The summed E-state index contributed by atoms with van der Waals surface area (Å²) in [5.74, 6) is 0.182. The lowest BCUT2D eigenvalue weighted by Crippen LogP contribution is -2.46. The largest absolute Gasteiger partial charge is 0.343 e. The van der Waals surface area contributed by atoms with Gasteiger partial charge in [0.25, 0.3) is 0 Å². The molecule has 26 heavy (non-hydrogen) atoms. The molecule has 1 aliphatic heterocycles. The van der Waals surface area contributed by atoms with Gasteiger partial charge in [0, 0.05) is 26.2 Å². The van der Waals surface area contributed by atoms with Crippen molar-refractivity contribution in [2.75, 3.05) is 38.0 Å². The molecule has 1 fully saturated rings. The summed E-state index contributed by atoms with van der Waals surface area (Å²) >= 11 is 0. The van der Waals surface area contributed by atoms with E-state index in [2.05, 4.69) is 15.3 Å². The van der Waals surface area contributed by atoms with Crippen LogP contribution in [0.3, 0.4) is 0 Å². The van der Waals surface area contributed by atoms with Gasteiger partial charge in [0.1, 0.15) is 0 Å². The van der Waals surface area contributed by atoms with Crippen LogP contribution >= 0.6 is 0 Å². The monoisotopic (exact) mass is 363 g/mol. The second-order valence-corrected chi connectivity index (χ2v) is 6.99. The molecule has 1 unspecified atom stereocenters. The van der Waals surface area contributed by atoms with Crippen molar-refractivity contribution in [3.63, 3.8) is 0 Å². The van der Waals surface area contributed by atoms with E-state index >= 15 is 0 Å². The van der Waals surface area contributed by atoms with Gasteiger partial charge in [-0.3, -0.25) is 19.2 Å². The van der Waals surface area contributed by atoms with E-state index in [1.54, 1.807) is 0 Å². The number of rotatable bonds is 7. The molecule has 7 heteroatoms. The van der Waals surface area contributed by atoms with Crippen molar-refractivity contribution >= 4 is 17.5 Å². The molecule has 0 bridgehead atoms. The van der Waals surface area contributed by atoms with E-state index in [1.165, 1.54) is 0 Å². The lowest BCUT2D eigenvalue weighted by molar-refractivity contribution is -0.137. The van der Waals surface area contributed by atoms with Crippen LogP contribution in [-0.2, 0) is 16.1 Å². The highest BCUT2D eigenvalue weighted by atomic mass is 16.2. The maximum Gasteiger partial charge on any atom is 0.238 e. The maximum absolute atomic E-state index is 12.6. The van der Waals surface area contributed by atoms with Crippen molar-refractivity contribution in [2.45, 2.75) is 54.0 Å². The number of nitrogens with one attached hydrogen (secondary N) is 1. The molecule has 1 aromatic heterocycles. The third-order valence-corrected chi connectivity index (χ3v) is 5.24. The van der Waals surface area contributed by atoms with Gasteiger partial charge in [0.15, 0.2) is 0 Å². The van der Waals surface area contributed by atoms with Crippen LogP contribution in [0.5, 0.6) is 0 Å². The van der Waals surface area contributed by atoms with Crippen molar-refractivity contribution in [1.82, 2.24) is 19.6 Å². The first-order valence-electron chi connectivity index (χ1n) is 9.76. The smallest absolute Gasteiger partial charge is 0.238 e. The van der Waals surface area contributed by atoms with Gasteiger partial charge < -0.3 is 10.2 Å². The predicted octanol–water partition coefficient (Wildman–Crippen LogP) is 2.04. The molecule has 1 saturated heterocycles. The first kappa shape index (κ1) is 20.4. The Morgan fingerprint density at radius 2 is 1.92 bits per heavy atom. The number of hydrogen-bond donors (Lipinski definition) is 1. The van der Waals surface area contributed by atoms with Gasteiger partial charge >= 0.3 is 0 Å². The van der Waals surface area contributed by atoms with Crippen LogP contribution in [0.25, 0.3) is 0 Å². The molecule has 1 N–H and O–H groups in total. The van der Waals surface area contributed by atoms with Crippen molar-refractivity contribution in [1.29, 1.82) is 0 Å². The average Bonchev–Trinajstić information content (AvgIpc) is 2.90. The van der Waals surface area contributed by atoms with Crippen LogP contribution in [0, 0.1) is 19.8 Å². The highest BCUT2D eigenvalue weighted by molar-refractivity contribution is 5.93. The Morgan fingerprint density at radius 3 is 2.50 bits per heavy atom. The van der Waals surface area contributed by atoms with Gasteiger partial charge in [-0.1, -0.05) is 0 Å². The second-order valence-electron chi connectivity index (χ2n) is 6.99. The van der Waals surface area contributed by atoms with Crippen LogP contribution < -0.4 is 5.32 Å². The lowest BCUT2D eigenvalue weighted by atomic mass is 9.96. The molecule has 1 aliphatic rings. The minimum absolute atomic E-state index is 0.00256. The standard InChI is InChI=1S/C19H33N5O2/c1-6-23(7-2)19(26)16-10-9-11-22(12-16)13-17(25)20-18-14(4)21-24(8-3)15(18)5/h16H,6-13H2,1-5H3,(H,20,25). The molecule has 0 radical (unpaired) electrons. The molecule has 0 spiro atoms. The highest BCUT2D eigenvalue weighted by Gasteiger charge is 2.29. The normalized spacial score (nSPS) is 18.0. The number of carbonyl (C=O) groups is 2. The number of aromatic nitrogens is 2. The molecule has 0 saturated carbocycles. The molecular formula is C19H33N5O2. The molecular weight excluding hydrogens is 330 g/mol. The summed E-state index contributed by atoms with van der Waals surface area (Å²) in [6.45, 7) is 14.0. The van der Waals surface area contributed by atoms with E-state index < -0.39 is 0 Å². The van der Waals surface area contributed by atoms with Crippen LogP contribution in [0.4, 0.5) is 5.69 Å². The van der Waals surface area contributed by atoms with Gasteiger partial charge in [0.2, 0.25) is 11.8 Å². The van der Waals surface area contributed by atoms with Crippen molar-refractivity contribution in [3.05, 3.63) is 11.4 Å². The van der Waals surface area contributed by atoms with E-state index in [4.69, 9.17) is 0 Å². The Hall–Kier alpha value is -1.89. The molecule has 0 aromatic carbocycles. The Kier molecular flexibility index (Phi) is 7.20. The van der Waals surface area contributed by atoms with Crippen molar-refractivity contribution < 1.29 is 9.59 Å². The Bertz CT molecular complexity index is 636. The van der Waals surface area contributed by atoms with Crippen LogP contribution in [0.1, 0.15) is 45.0 Å². The van der Waals surface area contributed by atoms with Crippen molar-refractivity contribution in [2.24, 2.45) is 5.92 Å². The third-order valence-electron chi connectivity index (χ3n) is 5.24. The Balaban J connectivity index is 1.95. The summed E-state index contributed by atoms with van der Waals surface area (Å²) in [5.41, 5.74) is 2.63. The maximum atomic E-state index is 12.6. The molecule has 1 aromatic rings. The van der Waals surface area contributed by atoms with Gasteiger partial charge in [-0.25, -0.2) is 0 Å². The Morgan fingerprint density at radius 1 is 1.23 bits per heavy atom. The van der Waals surface area contributed by atoms with Gasteiger partial charge in [-0.15, -0.1) is 0 Å². The second kappa shape index (κ2) is 9.16. The molecule has 2 heterocycles. The van der Waals surface area contributed by atoms with Crippen molar-refractivity contribution in [3.8, 4) is 0 Å². The summed E-state index contributed by atoms with van der Waals surface area (Å²) < 4.78 is 1.89. The van der Waals surface area contributed by atoms with E-state index in [9.17, 15) is 9.59 Å². The van der Waals surface area contributed by atoms with Gasteiger partial charge in [0.05, 0.1) is 29.5 Å². The van der Waals surface area contributed by atoms with E-state index in [-0.39, 0.29) is 17.7 Å². The zero-order valence-corrected chi connectivity index (χ0v) is 16.8. The minimum atomic E-state index is -0.0391. The number of anilines is 1. The number of hydrogen-bond acceptors (Lipinski definition) is 4. The Labute approximate surface area is 156 Å². The van der Waals surface area contributed by atoms with E-state index in [0.717, 1.165) is 56.1 Å². The van der Waals surface area contributed by atoms with E-state index in [1.807, 2.05) is 44.2 Å². The number of nitrogens with zero attached hydrogens (tertiary/aromatic N) is 4. The number of aryl methyl sites for hydroxylation is 2. The molecule has 2 rings (SSSR count).